The molecule has 1 unspecified atom stereocenters. The smallest absolute Gasteiger partial charge is 0.161 e. The molecule has 3 nitrogen and oxygen atoms in total. The van der Waals surface area contributed by atoms with E-state index in [0.29, 0.717) is 11.5 Å². The van der Waals surface area contributed by atoms with Gasteiger partial charge >= 0.3 is 0 Å². The van der Waals surface area contributed by atoms with Crippen molar-refractivity contribution in [2.45, 2.75) is 51.0 Å². The van der Waals surface area contributed by atoms with Crippen LogP contribution in [0.1, 0.15) is 56.6 Å². The topological polar surface area (TPSA) is 38.7 Å². The highest BCUT2D eigenvalue weighted by molar-refractivity contribution is 5.43. The minimum absolute atomic E-state index is 0.406. The molecule has 1 saturated carbocycles. The van der Waals surface area contributed by atoms with Gasteiger partial charge in [-0.1, -0.05) is 38.2 Å². The van der Waals surface area contributed by atoms with E-state index in [0.717, 1.165) is 24.3 Å². The molecule has 0 heterocycles. The van der Waals surface area contributed by atoms with Crippen molar-refractivity contribution in [3.05, 3.63) is 23.8 Å². The van der Waals surface area contributed by atoms with E-state index in [1.165, 1.54) is 32.1 Å². The summed E-state index contributed by atoms with van der Waals surface area (Å²) < 4.78 is 10.5. The van der Waals surface area contributed by atoms with E-state index in [1.54, 1.807) is 14.2 Å². The van der Waals surface area contributed by atoms with Crippen LogP contribution in [-0.4, -0.2) is 19.3 Å². The zero-order valence-corrected chi connectivity index (χ0v) is 12.6. The Hall–Kier alpha value is -1.22. The van der Waals surface area contributed by atoms with Gasteiger partial charge in [0.15, 0.2) is 11.5 Å². The maximum atomic E-state index is 10.3. The van der Waals surface area contributed by atoms with Gasteiger partial charge in [-0.2, -0.15) is 0 Å². The molecule has 0 saturated heterocycles. The van der Waals surface area contributed by atoms with Gasteiger partial charge in [0.25, 0.3) is 0 Å². The van der Waals surface area contributed by atoms with Gasteiger partial charge in [-0.3, -0.25) is 0 Å². The quantitative estimate of drug-likeness (QED) is 0.851. The summed E-state index contributed by atoms with van der Waals surface area (Å²) in [5, 5.41) is 10.3. The molecule has 2 rings (SSSR count). The highest BCUT2D eigenvalue weighted by Gasteiger charge is 2.17. The molecule has 3 heteroatoms. The van der Waals surface area contributed by atoms with Crippen molar-refractivity contribution < 1.29 is 14.6 Å². The molecule has 0 spiro atoms. The number of aliphatic hydroxyl groups is 1. The molecule has 0 aliphatic heterocycles. The summed E-state index contributed by atoms with van der Waals surface area (Å²) in [6.07, 6.45) is 8.31. The molecule has 1 aromatic rings. The lowest BCUT2D eigenvalue weighted by Crippen LogP contribution is -2.08. The Morgan fingerprint density at radius 3 is 2.45 bits per heavy atom. The number of benzene rings is 1. The normalized spacial score (nSPS) is 17.8. The monoisotopic (exact) mass is 278 g/mol. The number of aliphatic hydroxyl groups excluding tert-OH is 1. The third-order valence-corrected chi connectivity index (χ3v) is 4.37. The number of methoxy groups -OCH3 is 2. The molecule has 112 valence electrons. The molecule has 1 N–H and O–H groups in total. The molecule has 0 amide bonds. The predicted molar refractivity (Wildman–Crippen MR) is 80.3 cm³/mol. The fourth-order valence-corrected chi connectivity index (χ4v) is 3.10. The van der Waals surface area contributed by atoms with Crippen LogP contribution in [0.5, 0.6) is 11.5 Å². The second kappa shape index (κ2) is 7.53. The van der Waals surface area contributed by atoms with Crippen molar-refractivity contribution >= 4 is 0 Å². The lowest BCUT2D eigenvalue weighted by atomic mass is 9.85. The van der Waals surface area contributed by atoms with Gasteiger partial charge in [0.1, 0.15) is 0 Å². The first-order chi connectivity index (χ1) is 9.74. The first-order valence-corrected chi connectivity index (χ1v) is 7.64. The van der Waals surface area contributed by atoms with E-state index < -0.39 is 6.10 Å². The average molecular weight is 278 g/mol. The second-order valence-electron chi connectivity index (χ2n) is 5.71. The van der Waals surface area contributed by atoms with Crippen LogP contribution in [0.25, 0.3) is 0 Å². The van der Waals surface area contributed by atoms with Gasteiger partial charge in [0, 0.05) is 0 Å². The Labute approximate surface area is 121 Å². The first-order valence-electron chi connectivity index (χ1n) is 7.64. The van der Waals surface area contributed by atoms with E-state index in [-0.39, 0.29) is 0 Å². The molecular formula is C17H26O3. The standard InChI is InChI=1S/C17H26O3/c1-19-16-11-9-14(12-17(16)20-2)15(18)10-8-13-6-4-3-5-7-13/h9,11-13,15,18H,3-8,10H2,1-2H3. The number of hydrogen-bond acceptors (Lipinski definition) is 3. The van der Waals surface area contributed by atoms with E-state index in [4.69, 9.17) is 9.47 Å². The maximum Gasteiger partial charge on any atom is 0.161 e. The Kier molecular flexibility index (Phi) is 5.72. The molecule has 0 radical (unpaired) electrons. The van der Waals surface area contributed by atoms with Gasteiger partial charge in [-0.05, 0) is 36.5 Å². The fourth-order valence-electron chi connectivity index (χ4n) is 3.10. The SMILES string of the molecule is COc1ccc(C(O)CCC2CCCCC2)cc1OC. The van der Waals surface area contributed by atoms with Crippen LogP contribution >= 0.6 is 0 Å². The third-order valence-electron chi connectivity index (χ3n) is 4.37. The summed E-state index contributed by atoms with van der Waals surface area (Å²) in [4.78, 5) is 0. The summed E-state index contributed by atoms with van der Waals surface area (Å²) in [5.74, 6) is 2.19. The van der Waals surface area contributed by atoms with Crippen LogP contribution in [0.4, 0.5) is 0 Å². The van der Waals surface area contributed by atoms with E-state index in [9.17, 15) is 5.11 Å². The third kappa shape index (κ3) is 3.89. The molecule has 1 aliphatic rings. The number of rotatable bonds is 6. The second-order valence-corrected chi connectivity index (χ2v) is 5.71. The van der Waals surface area contributed by atoms with Crippen LogP contribution in [-0.2, 0) is 0 Å². The van der Waals surface area contributed by atoms with Gasteiger partial charge in [0.2, 0.25) is 0 Å². The molecule has 20 heavy (non-hydrogen) atoms. The lowest BCUT2D eigenvalue weighted by molar-refractivity contribution is 0.151. The van der Waals surface area contributed by atoms with Crippen molar-refractivity contribution in [3.8, 4) is 11.5 Å². The van der Waals surface area contributed by atoms with Gasteiger partial charge in [0.05, 0.1) is 20.3 Å². The molecular weight excluding hydrogens is 252 g/mol. The molecule has 0 aromatic heterocycles. The van der Waals surface area contributed by atoms with Crippen LogP contribution in [0.15, 0.2) is 18.2 Å². The van der Waals surface area contributed by atoms with Crippen molar-refractivity contribution in [2.75, 3.05) is 14.2 Å². The van der Waals surface area contributed by atoms with Crippen LogP contribution in [0.3, 0.4) is 0 Å². The number of ether oxygens (including phenoxy) is 2. The van der Waals surface area contributed by atoms with E-state index in [1.807, 2.05) is 18.2 Å². The Balaban J connectivity index is 1.92. The molecule has 1 aromatic carbocycles. The Bertz CT molecular complexity index is 411. The Morgan fingerprint density at radius 2 is 1.80 bits per heavy atom. The maximum absolute atomic E-state index is 10.3. The van der Waals surface area contributed by atoms with Crippen LogP contribution < -0.4 is 9.47 Å². The first kappa shape index (κ1) is 15.2. The summed E-state index contributed by atoms with van der Waals surface area (Å²) in [6.45, 7) is 0. The highest BCUT2D eigenvalue weighted by atomic mass is 16.5. The summed E-state index contributed by atoms with van der Waals surface area (Å²) in [7, 11) is 3.24. The highest BCUT2D eigenvalue weighted by Crippen LogP contribution is 2.33. The van der Waals surface area contributed by atoms with Gasteiger partial charge in [-0.25, -0.2) is 0 Å². The fraction of sp³-hybridized carbons (Fsp3) is 0.647. The summed E-state index contributed by atoms with van der Waals surface area (Å²) >= 11 is 0. The molecule has 1 atom stereocenters. The van der Waals surface area contributed by atoms with Gasteiger partial charge in [-0.15, -0.1) is 0 Å². The van der Waals surface area contributed by atoms with Crippen LogP contribution in [0, 0.1) is 5.92 Å². The minimum Gasteiger partial charge on any atom is -0.493 e. The largest absolute Gasteiger partial charge is 0.493 e. The van der Waals surface area contributed by atoms with Crippen LogP contribution in [0.2, 0.25) is 0 Å². The number of hydrogen-bond donors (Lipinski definition) is 1. The van der Waals surface area contributed by atoms with E-state index in [2.05, 4.69) is 0 Å². The van der Waals surface area contributed by atoms with Crippen molar-refractivity contribution in [2.24, 2.45) is 5.92 Å². The summed E-state index contributed by atoms with van der Waals surface area (Å²) in [6, 6.07) is 5.66. The molecule has 0 bridgehead atoms. The lowest BCUT2D eigenvalue weighted by Gasteiger charge is -2.23. The zero-order valence-electron chi connectivity index (χ0n) is 12.6. The minimum atomic E-state index is -0.406. The van der Waals surface area contributed by atoms with E-state index >= 15 is 0 Å². The van der Waals surface area contributed by atoms with Crippen molar-refractivity contribution in [3.63, 3.8) is 0 Å². The average Bonchev–Trinajstić information content (AvgIpc) is 2.52. The van der Waals surface area contributed by atoms with Gasteiger partial charge < -0.3 is 14.6 Å². The summed E-state index contributed by atoms with van der Waals surface area (Å²) in [5.41, 5.74) is 0.915. The Morgan fingerprint density at radius 1 is 1.10 bits per heavy atom. The predicted octanol–water partition coefficient (Wildman–Crippen LogP) is 4.10. The van der Waals surface area contributed by atoms with Crippen molar-refractivity contribution in [1.29, 1.82) is 0 Å². The van der Waals surface area contributed by atoms with Crippen molar-refractivity contribution in [1.82, 2.24) is 0 Å². The molecule has 1 aliphatic carbocycles. The zero-order chi connectivity index (χ0) is 14.4. The molecule has 1 fully saturated rings.